The maximum absolute atomic E-state index is 13.0. The van der Waals surface area contributed by atoms with Gasteiger partial charge in [-0.2, -0.15) is 0 Å². The molecule has 5 nitrogen and oxygen atoms in total. The maximum Gasteiger partial charge on any atom is 0.318 e. The van der Waals surface area contributed by atoms with Gasteiger partial charge in [0.2, 0.25) is 0 Å². The van der Waals surface area contributed by atoms with Gasteiger partial charge in [-0.25, -0.2) is 4.79 Å². The number of fused-ring (bicyclic) bond motifs is 1. The minimum Gasteiger partial charge on any atom is -0.491 e. The third-order valence-electron chi connectivity index (χ3n) is 4.65. The molecule has 1 N–H and O–H groups in total. The normalized spacial score (nSPS) is 14.9. The second-order valence-electron chi connectivity index (χ2n) is 7.03. The van der Waals surface area contributed by atoms with Crippen LogP contribution in [0.4, 0.5) is 4.79 Å². The number of carbonyl (C=O) groups excluding carboxylic acids is 1. The number of hydrogen-bond donors (Lipinski definition) is 1. The third-order valence-corrected chi connectivity index (χ3v) is 4.89. The predicted octanol–water partition coefficient (Wildman–Crippen LogP) is 3.94. The van der Waals surface area contributed by atoms with Gasteiger partial charge in [0.15, 0.2) is 0 Å². The van der Waals surface area contributed by atoms with Crippen molar-refractivity contribution in [2.75, 3.05) is 33.8 Å². The van der Waals surface area contributed by atoms with Crippen LogP contribution in [0, 0.1) is 0 Å². The van der Waals surface area contributed by atoms with E-state index < -0.39 is 0 Å². The van der Waals surface area contributed by atoms with E-state index in [0.717, 1.165) is 29.8 Å². The largest absolute Gasteiger partial charge is 0.491 e. The highest BCUT2D eigenvalue weighted by Gasteiger charge is 2.23. The molecule has 2 aromatic rings. The number of benzene rings is 2. The van der Waals surface area contributed by atoms with Crippen molar-refractivity contribution in [1.82, 2.24) is 15.1 Å². The van der Waals surface area contributed by atoms with E-state index in [9.17, 15) is 4.79 Å². The van der Waals surface area contributed by atoms with Gasteiger partial charge in [0.25, 0.3) is 0 Å². The molecule has 1 heterocycles. The van der Waals surface area contributed by atoms with Crippen LogP contribution in [0.5, 0.6) is 5.75 Å². The molecule has 3 rings (SSSR count). The van der Waals surface area contributed by atoms with Crippen molar-refractivity contribution in [3.63, 3.8) is 0 Å². The van der Waals surface area contributed by atoms with E-state index in [2.05, 4.69) is 22.3 Å². The molecule has 1 atom stereocenters. The van der Waals surface area contributed by atoms with Gasteiger partial charge in [0, 0.05) is 10.6 Å². The van der Waals surface area contributed by atoms with Gasteiger partial charge in [0.1, 0.15) is 12.4 Å². The lowest BCUT2D eigenvalue weighted by Gasteiger charge is -2.26. The molecule has 0 saturated heterocycles. The fourth-order valence-electron chi connectivity index (χ4n) is 3.17. The Kier molecular flexibility index (Phi) is 6.58. The summed E-state index contributed by atoms with van der Waals surface area (Å²) in [5.74, 6) is 0.793. The predicted molar refractivity (Wildman–Crippen MR) is 108 cm³/mol. The maximum atomic E-state index is 13.0. The Hall–Kier alpha value is -2.24. The molecule has 0 unspecified atom stereocenters. The summed E-state index contributed by atoms with van der Waals surface area (Å²) in [5.41, 5.74) is 2.04. The summed E-state index contributed by atoms with van der Waals surface area (Å²) in [5, 5.41) is 3.85. The number of urea groups is 1. The fourth-order valence-corrected chi connectivity index (χ4v) is 3.37. The Labute approximate surface area is 165 Å². The second-order valence-corrected chi connectivity index (χ2v) is 7.46. The lowest BCUT2D eigenvalue weighted by Crippen LogP contribution is -2.42. The Morgan fingerprint density at radius 2 is 2.04 bits per heavy atom. The molecule has 2 aromatic carbocycles. The highest BCUT2D eigenvalue weighted by molar-refractivity contribution is 6.30. The van der Waals surface area contributed by atoms with Gasteiger partial charge in [-0.05, 0) is 50.8 Å². The molecule has 0 spiro atoms. The first-order chi connectivity index (χ1) is 13.0. The van der Waals surface area contributed by atoms with Crippen LogP contribution in [0.25, 0.3) is 0 Å². The number of hydrogen-bond acceptors (Lipinski definition) is 3. The summed E-state index contributed by atoms with van der Waals surface area (Å²) in [6, 6.07) is 15.5. The summed E-state index contributed by atoms with van der Waals surface area (Å²) in [6.07, 6.45) is 0.843. The monoisotopic (exact) mass is 387 g/mol. The highest BCUT2D eigenvalue weighted by atomic mass is 35.5. The van der Waals surface area contributed by atoms with Gasteiger partial charge in [-0.1, -0.05) is 41.9 Å². The number of ether oxygens (including phenoxy) is 1. The van der Waals surface area contributed by atoms with Gasteiger partial charge in [-0.3, -0.25) is 0 Å². The zero-order valence-electron chi connectivity index (χ0n) is 15.8. The molecular weight excluding hydrogens is 362 g/mol. The van der Waals surface area contributed by atoms with Crippen LogP contribution in [0.3, 0.4) is 0 Å². The first-order valence-corrected chi connectivity index (χ1v) is 9.57. The van der Waals surface area contributed by atoms with Crippen molar-refractivity contribution >= 4 is 17.6 Å². The molecule has 0 aromatic heterocycles. The molecule has 2 amide bonds. The van der Waals surface area contributed by atoms with Crippen LogP contribution >= 0.6 is 11.6 Å². The van der Waals surface area contributed by atoms with Gasteiger partial charge in [0.05, 0.1) is 19.1 Å². The second kappa shape index (κ2) is 9.11. The minimum atomic E-state index is -0.0842. The van der Waals surface area contributed by atoms with Crippen molar-refractivity contribution in [2.24, 2.45) is 0 Å². The van der Waals surface area contributed by atoms with Crippen molar-refractivity contribution in [1.29, 1.82) is 0 Å². The number of nitrogens with zero attached hydrogens (tertiary/aromatic N) is 2. The van der Waals surface area contributed by atoms with E-state index in [1.165, 1.54) is 0 Å². The van der Waals surface area contributed by atoms with Crippen LogP contribution in [0.1, 0.15) is 23.6 Å². The number of carbonyl (C=O) groups is 1. The van der Waals surface area contributed by atoms with E-state index >= 15 is 0 Å². The van der Waals surface area contributed by atoms with Crippen molar-refractivity contribution < 1.29 is 9.53 Å². The zero-order valence-corrected chi connectivity index (χ0v) is 16.6. The summed E-state index contributed by atoms with van der Waals surface area (Å²) in [4.78, 5) is 16.9. The molecule has 1 aliphatic rings. The molecule has 0 fully saturated rings. The van der Waals surface area contributed by atoms with E-state index in [0.29, 0.717) is 24.7 Å². The number of amides is 2. The number of rotatable bonds is 5. The van der Waals surface area contributed by atoms with Gasteiger partial charge in [-0.15, -0.1) is 0 Å². The average Bonchev–Trinajstić information content (AvgIpc) is 2.87. The summed E-state index contributed by atoms with van der Waals surface area (Å²) in [7, 11) is 4.08. The Morgan fingerprint density at radius 3 is 2.78 bits per heavy atom. The van der Waals surface area contributed by atoms with E-state index in [4.69, 9.17) is 16.3 Å². The Morgan fingerprint density at radius 1 is 1.26 bits per heavy atom. The molecule has 0 bridgehead atoms. The van der Waals surface area contributed by atoms with E-state index in [-0.39, 0.29) is 12.1 Å². The lowest BCUT2D eigenvalue weighted by molar-refractivity contribution is 0.182. The molecule has 1 aliphatic heterocycles. The van der Waals surface area contributed by atoms with E-state index in [1.54, 1.807) is 4.90 Å². The quantitative estimate of drug-likeness (QED) is 0.845. The first-order valence-electron chi connectivity index (χ1n) is 9.19. The zero-order chi connectivity index (χ0) is 19.2. The summed E-state index contributed by atoms with van der Waals surface area (Å²) < 4.78 is 5.77. The molecule has 27 heavy (non-hydrogen) atoms. The molecule has 6 heteroatoms. The van der Waals surface area contributed by atoms with Crippen LogP contribution in [-0.4, -0.2) is 49.6 Å². The van der Waals surface area contributed by atoms with Crippen molar-refractivity contribution in [2.45, 2.75) is 19.0 Å². The molecule has 0 radical (unpaired) electrons. The van der Waals surface area contributed by atoms with Crippen molar-refractivity contribution in [3.8, 4) is 5.75 Å². The van der Waals surface area contributed by atoms with Crippen LogP contribution in [0.15, 0.2) is 48.5 Å². The molecular formula is C21H26ClN3O2. The number of halogens is 1. The summed E-state index contributed by atoms with van der Waals surface area (Å²) in [6.45, 7) is 2.38. The first kappa shape index (κ1) is 19.5. The summed E-state index contributed by atoms with van der Waals surface area (Å²) >= 11 is 6.11. The standard InChI is InChI=1S/C21H26ClN3O2/c1-24(2)11-10-19(16-6-4-3-5-7-16)23-21(26)25-12-13-27-20-9-8-18(22)14-17(20)15-25/h3-9,14,19H,10-13,15H2,1-2H3,(H,23,26)/t19-/m0/s1. The molecule has 144 valence electrons. The van der Waals surface area contributed by atoms with E-state index in [1.807, 2.05) is 50.5 Å². The van der Waals surface area contributed by atoms with Crippen LogP contribution < -0.4 is 10.1 Å². The topological polar surface area (TPSA) is 44.8 Å². The molecule has 0 aliphatic carbocycles. The third kappa shape index (κ3) is 5.37. The van der Waals surface area contributed by atoms with Crippen molar-refractivity contribution in [3.05, 3.63) is 64.7 Å². The van der Waals surface area contributed by atoms with Crippen LogP contribution in [0.2, 0.25) is 5.02 Å². The highest BCUT2D eigenvalue weighted by Crippen LogP contribution is 2.26. The van der Waals surface area contributed by atoms with Crippen LogP contribution in [-0.2, 0) is 6.54 Å². The van der Waals surface area contributed by atoms with Gasteiger partial charge >= 0.3 is 6.03 Å². The molecule has 0 saturated carbocycles. The lowest BCUT2D eigenvalue weighted by atomic mass is 10.0. The fraction of sp³-hybridized carbons (Fsp3) is 0.381. The average molecular weight is 388 g/mol. The SMILES string of the molecule is CN(C)CC[C@H](NC(=O)N1CCOc2ccc(Cl)cc2C1)c1ccccc1. The smallest absolute Gasteiger partial charge is 0.318 e. The number of nitrogens with one attached hydrogen (secondary N) is 1. The Balaban J connectivity index is 1.72. The Bertz CT molecular complexity index is 767. The minimum absolute atomic E-state index is 0.0379. The van der Waals surface area contributed by atoms with Gasteiger partial charge < -0.3 is 19.9 Å².